The number of nitrogens with one attached hydrogen (secondary N) is 2. The maximum absolute atomic E-state index is 11.7. The Bertz CT molecular complexity index is 265. The van der Waals surface area contributed by atoms with Crippen LogP contribution in [-0.2, 0) is 9.53 Å². The fourth-order valence-corrected chi connectivity index (χ4v) is 1.52. The van der Waals surface area contributed by atoms with Crippen molar-refractivity contribution in [3.8, 4) is 0 Å². The molecule has 18 heavy (non-hydrogen) atoms. The van der Waals surface area contributed by atoms with Crippen molar-refractivity contribution in [2.24, 2.45) is 5.92 Å². The maximum Gasteiger partial charge on any atom is 0.315 e. The zero-order chi connectivity index (χ0) is 14.1. The fraction of sp³-hybridized carbons (Fsp3) is 0.833. The second-order valence-corrected chi connectivity index (χ2v) is 4.47. The number of aliphatic carboxylic acids is 1. The van der Waals surface area contributed by atoms with E-state index in [1.165, 1.54) is 0 Å². The fourth-order valence-electron chi connectivity index (χ4n) is 1.52. The molecule has 0 aromatic rings. The first-order valence-electron chi connectivity index (χ1n) is 6.21. The molecule has 0 spiro atoms. The first kappa shape index (κ1) is 16.7. The quantitative estimate of drug-likeness (QED) is 0.612. The van der Waals surface area contributed by atoms with Crippen molar-refractivity contribution in [1.29, 1.82) is 0 Å². The summed E-state index contributed by atoms with van der Waals surface area (Å²) < 4.78 is 5.01. The van der Waals surface area contributed by atoms with Gasteiger partial charge in [0.2, 0.25) is 0 Å². The third-order valence-electron chi connectivity index (χ3n) is 2.84. The molecule has 0 fully saturated rings. The van der Waals surface area contributed by atoms with Crippen molar-refractivity contribution >= 4 is 12.0 Å². The minimum Gasteiger partial charge on any atom is -0.481 e. The van der Waals surface area contributed by atoms with Gasteiger partial charge in [0, 0.05) is 13.2 Å². The molecule has 0 aliphatic rings. The van der Waals surface area contributed by atoms with E-state index in [1.807, 2.05) is 6.92 Å². The van der Waals surface area contributed by atoms with Crippen LogP contribution in [0.3, 0.4) is 0 Å². The zero-order valence-corrected chi connectivity index (χ0v) is 11.5. The number of hydrogen-bond donors (Lipinski definition) is 3. The van der Waals surface area contributed by atoms with Gasteiger partial charge in [-0.15, -0.1) is 0 Å². The van der Waals surface area contributed by atoms with Crippen LogP contribution in [0.2, 0.25) is 0 Å². The Morgan fingerprint density at radius 3 is 2.33 bits per heavy atom. The van der Waals surface area contributed by atoms with Crippen molar-refractivity contribution in [3.63, 3.8) is 0 Å². The minimum atomic E-state index is -0.926. The van der Waals surface area contributed by atoms with Gasteiger partial charge >= 0.3 is 12.0 Å². The van der Waals surface area contributed by atoms with Gasteiger partial charge in [-0.05, 0) is 20.3 Å². The summed E-state index contributed by atoms with van der Waals surface area (Å²) in [6.07, 6.45) is 1.76. The van der Waals surface area contributed by atoms with Crippen LogP contribution < -0.4 is 10.6 Å². The molecule has 106 valence electrons. The van der Waals surface area contributed by atoms with E-state index < -0.39 is 17.9 Å². The third kappa shape index (κ3) is 6.44. The average molecular weight is 260 g/mol. The van der Waals surface area contributed by atoms with Crippen LogP contribution in [0.25, 0.3) is 0 Å². The van der Waals surface area contributed by atoms with Gasteiger partial charge in [-0.25, -0.2) is 4.79 Å². The molecule has 0 aliphatic heterocycles. The first-order valence-corrected chi connectivity index (χ1v) is 6.21. The van der Waals surface area contributed by atoms with Crippen LogP contribution >= 0.6 is 0 Å². The van der Waals surface area contributed by atoms with Crippen LogP contribution in [0.5, 0.6) is 0 Å². The maximum atomic E-state index is 11.7. The van der Waals surface area contributed by atoms with Crippen molar-refractivity contribution < 1.29 is 19.4 Å². The number of amides is 2. The van der Waals surface area contributed by atoms with Gasteiger partial charge in [0.25, 0.3) is 0 Å². The predicted octanol–water partition coefficient (Wildman–Crippen LogP) is 1.21. The Morgan fingerprint density at radius 2 is 1.89 bits per heavy atom. The normalized spacial score (nSPS) is 15.6. The number of hydrogen-bond acceptors (Lipinski definition) is 3. The molecule has 0 radical (unpaired) electrons. The lowest BCUT2D eigenvalue weighted by Gasteiger charge is -2.21. The first-order chi connectivity index (χ1) is 8.42. The second kappa shape index (κ2) is 8.74. The zero-order valence-electron chi connectivity index (χ0n) is 11.5. The molecule has 2 amide bonds. The van der Waals surface area contributed by atoms with E-state index in [4.69, 9.17) is 9.84 Å². The molecule has 3 N–H and O–H groups in total. The number of carboxylic acid groups (broad SMARTS) is 1. The number of carbonyl (C=O) groups excluding carboxylic acids is 1. The summed E-state index contributed by atoms with van der Waals surface area (Å²) in [6, 6.07) is -0.828. The molecule has 0 saturated heterocycles. The molecule has 0 saturated carbocycles. The highest BCUT2D eigenvalue weighted by Crippen LogP contribution is 2.02. The molecule has 3 unspecified atom stereocenters. The Labute approximate surface area is 108 Å². The van der Waals surface area contributed by atoms with Crippen LogP contribution in [0.4, 0.5) is 4.79 Å². The summed E-state index contributed by atoms with van der Waals surface area (Å²) in [5, 5.41) is 14.2. The van der Waals surface area contributed by atoms with Crippen molar-refractivity contribution in [2.45, 2.75) is 45.7 Å². The third-order valence-corrected chi connectivity index (χ3v) is 2.84. The van der Waals surface area contributed by atoms with Gasteiger partial charge in [0.05, 0.1) is 18.6 Å². The molecule has 0 rings (SSSR count). The molecule has 0 aromatic carbocycles. The highest BCUT2D eigenvalue weighted by atomic mass is 16.5. The van der Waals surface area contributed by atoms with Gasteiger partial charge in [-0.1, -0.05) is 13.3 Å². The number of carboxylic acids is 1. The van der Waals surface area contributed by atoms with Crippen molar-refractivity contribution in [1.82, 2.24) is 10.6 Å². The molecule has 0 heterocycles. The lowest BCUT2D eigenvalue weighted by Crippen LogP contribution is -2.49. The van der Waals surface area contributed by atoms with Crippen LogP contribution in [0, 0.1) is 5.92 Å². The van der Waals surface area contributed by atoms with Crippen molar-refractivity contribution in [3.05, 3.63) is 0 Å². The molecule has 0 aromatic heterocycles. The summed E-state index contributed by atoms with van der Waals surface area (Å²) in [6.45, 7) is 5.71. The Morgan fingerprint density at radius 1 is 1.28 bits per heavy atom. The van der Waals surface area contributed by atoms with Gasteiger partial charge in [0.1, 0.15) is 0 Å². The van der Waals surface area contributed by atoms with Gasteiger partial charge in [0.15, 0.2) is 0 Å². The van der Waals surface area contributed by atoms with Crippen LogP contribution in [0.1, 0.15) is 33.6 Å². The molecular weight excluding hydrogens is 236 g/mol. The number of urea groups is 1. The topological polar surface area (TPSA) is 87.7 Å². The molecule has 0 bridgehead atoms. The van der Waals surface area contributed by atoms with Gasteiger partial charge in [-0.3, -0.25) is 4.79 Å². The Balaban J connectivity index is 4.18. The van der Waals surface area contributed by atoms with E-state index >= 15 is 0 Å². The van der Waals surface area contributed by atoms with E-state index in [0.29, 0.717) is 6.61 Å². The highest BCUT2D eigenvalue weighted by Gasteiger charge is 2.21. The Kier molecular flexibility index (Phi) is 8.11. The second-order valence-electron chi connectivity index (χ2n) is 4.47. The minimum absolute atomic E-state index is 0.0488. The lowest BCUT2D eigenvalue weighted by atomic mass is 10.0. The van der Waals surface area contributed by atoms with Crippen LogP contribution in [0.15, 0.2) is 0 Å². The monoisotopic (exact) mass is 260 g/mol. The summed E-state index contributed by atoms with van der Waals surface area (Å²) >= 11 is 0. The molecule has 6 heteroatoms. The number of carbonyl (C=O) groups is 2. The Hall–Kier alpha value is -1.30. The van der Waals surface area contributed by atoms with Crippen molar-refractivity contribution in [2.75, 3.05) is 13.7 Å². The predicted molar refractivity (Wildman–Crippen MR) is 68.5 cm³/mol. The smallest absolute Gasteiger partial charge is 0.315 e. The number of methoxy groups -OCH3 is 1. The molecule has 6 nitrogen and oxygen atoms in total. The number of ether oxygens (including phenoxy) is 1. The summed E-state index contributed by atoms with van der Waals surface area (Å²) in [5.74, 6) is -1.55. The average Bonchev–Trinajstić information content (AvgIpc) is 2.28. The van der Waals surface area contributed by atoms with E-state index in [0.717, 1.165) is 12.8 Å². The van der Waals surface area contributed by atoms with Gasteiger partial charge < -0.3 is 20.5 Å². The summed E-state index contributed by atoms with van der Waals surface area (Å²) in [4.78, 5) is 22.4. The van der Waals surface area contributed by atoms with Gasteiger partial charge in [-0.2, -0.15) is 0 Å². The SMILES string of the molecule is CCCC(COC)NC(=O)NC(C)C(C)C(=O)O. The summed E-state index contributed by atoms with van der Waals surface area (Å²) in [5.41, 5.74) is 0. The van der Waals surface area contributed by atoms with E-state index in [2.05, 4.69) is 10.6 Å². The molecule has 0 aliphatic carbocycles. The van der Waals surface area contributed by atoms with E-state index in [1.54, 1.807) is 21.0 Å². The number of rotatable bonds is 8. The standard InChI is InChI=1S/C12H24N2O4/c1-5-6-10(7-18-4)14-12(17)13-9(3)8(2)11(15)16/h8-10H,5-7H2,1-4H3,(H,15,16)(H2,13,14,17). The highest BCUT2D eigenvalue weighted by molar-refractivity contribution is 5.76. The largest absolute Gasteiger partial charge is 0.481 e. The van der Waals surface area contributed by atoms with E-state index in [9.17, 15) is 9.59 Å². The molecule has 3 atom stereocenters. The molecular formula is C12H24N2O4. The summed E-state index contributed by atoms with van der Waals surface area (Å²) in [7, 11) is 1.58. The lowest BCUT2D eigenvalue weighted by molar-refractivity contribution is -0.141. The van der Waals surface area contributed by atoms with E-state index in [-0.39, 0.29) is 12.1 Å². The van der Waals surface area contributed by atoms with Crippen LogP contribution in [-0.4, -0.2) is 42.9 Å².